The van der Waals surface area contributed by atoms with Crippen LogP contribution in [0.4, 0.5) is 0 Å². The standard InChI is InChI=1S/C7H15NO/c1-7(2)5(4-8)6(7)9-3/h5-6H,4,8H2,1-3H3/t5-,6-/m1/s1. The summed E-state index contributed by atoms with van der Waals surface area (Å²) in [5, 5.41) is 0. The van der Waals surface area contributed by atoms with E-state index in [1.165, 1.54) is 0 Å². The first kappa shape index (κ1) is 7.03. The van der Waals surface area contributed by atoms with Crippen molar-refractivity contribution in [2.75, 3.05) is 13.7 Å². The number of ether oxygens (including phenoxy) is 1. The molecule has 1 aliphatic carbocycles. The normalized spacial score (nSPS) is 38.7. The van der Waals surface area contributed by atoms with Crippen molar-refractivity contribution in [2.45, 2.75) is 20.0 Å². The van der Waals surface area contributed by atoms with Gasteiger partial charge in [0.1, 0.15) is 0 Å². The molecule has 9 heavy (non-hydrogen) atoms. The molecule has 0 aliphatic heterocycles. The van der Waals surface area contributed by atoms with E-state index in [1.54, 1.807) is 7.11 Å². The molecule has 0 aromatic carbocycles. The van der Waals surface area contributed by atoms with Crippen LogP contribution in [0.15, 0.2) is 0 Å². The fraction of sp³-hybridized carbons (Fsp3) is 1.00. The van der Waals surface area contributed by atoms with E-state index in [9.17, 15) is 0 Å². The first-order valence-electron chi connectivity index (χ1n) is 3.37. The van der Waals surface area contributed by atoms with E-state index in [2.05, 4.69) is 13.8 Å². The minimum atomic E-state index is 0.337. The Kier molecular flexibility index (Phi) is 1.53. The number of methoxy groups -OCH3 is 1. The van der Waals surface area contributed by atoms with Gasteiger partial charge < -0.3 is 10.5 Å². The minimum Gasteiger partial charge on any atom is -0.381 e. The van der Waals surface area contributed by atoms with Crippen LogP contribution in [0.3, 0.4) is 0 Å². The van der Waals surface area contributed by atoms with Gasteiger partial charge in [0.05, 0.1) is 6.10 Å². The molecule has 2 nitrogen and oxygen atoms in total. The topological polar surface area (TPSA) is 35.2 Å². The first-order valence-corrected chi connectivity index (χ1v) is 3.37. The molecule has 0 aromatic rings. The predicted octanol–water partition coefficient (Wildman–Crippen LogP) is 0.616. The van der Waals surface area contributed by atoms with Crippen molar-refractivity contribution in [3.8, 4) is 0 Å². The summed E-state index contributed by atoms with van der Waals surface area (Å²) in [6.07, 6.45) is 0.405. The highest BCUT2D eigenvalue weighted by Gasteiger charge is 2.57. The first-order chi connectivity index (χ1) is 4.14. The predicted molar refractivity (Wildman–Crippen MR) is 37.1 cm³/mol. The number of hydrogen-bond donors (Lipinski definition) is 1. The highest BCUT2D eigenvalue weighted by atomic mass is 16.5. The zero-order chi connectivity index (χ0) is 7.07. The number of rotatable bonds is 2. The molecule has 0 bridgehead atoms. The van der Waals surface area contributed by atoms with Crippen LogP contribution in [0.2, 0.25) is 0 Å². The van der Waals surface area contributed by atoms with Gasteiger partial charge in [-0.15, -0.1) is 0 Å². The van der Waals surface area contributed by atoms with Gasteiger partial charge in [0.25, 0.3) is 0 Å². The molecule has 2 N–H and O–H groups in total. The van der Waals surface area contributed by atoms with Crippen molar-refractivity contribution in [1.29, 1.82) is 0 Å². The maximum atomic E-state index is 5.50. The van der Waals surface area contributed by atoms with Crippen molar-refractivity contribution in [3.63, 3.8) is 0 Å². The van der Waals surface area contributed by atoms with E-state index < -0.39 is 0 Å². The fourth-order valence-corrected chi connectivity index (χ4v) is 1.59. The quantitative estimate of drug-likeness (QED) is 0.593. The molecule has 2 atom stereocenters. The van der Waals surface area contributed by atoms with Crippen molar-refractivity contribution in [1.82, 2.24) is 0 Å². The van der Waals surface area contributed by atoms with Gasteiger partial charge in [-0.3, -0.25) is 0 Å². The Morgan fingerprint density at radius 3 is 2.22 bits per heavy atom. The molecular weight excluding hydrogens is 114 g/mol. The largest absolute Gasteiger partial charge is 0.381 e. The molecule has 0 radical (unpaired) electrons. The zero-order valence-corrected chi connectivity index (χ0v) is 6.35. The van der Waals surface area contributed by atoms with E-state index in [-0.39, 0.29) is 0 Å². The smallest absolute Gasteiger partial charge is 0.0672 e. The van der Waals surface area contributed by atoms with Crippen LogP contribution in [0.1, 0.15) is 13.8 Å². The molecule has 0 unspecified atom stereocenters. The van der Waals surface area contributed by atoms with Crippen LogP contribution < -0.4 is 5.73 Å². The molecular formula is C7H15NO. The Hall–Kier alpha value is -0.0800. The summed E-state index contributed by atoms with van der Waals surface area (Å²) in [7, 11) is 1.75. The van der Waals surface area contributed by atoms with E-state index >= 15 is 0 Å². The Labute approximate surface area is 56.4 Å². The van der Waals surface area contributed by atoms with Gasteiger partial charge in [0.15, 0.2) is 0 Å². The number of nitrogens with two attached hydrogens (primary N) is 1. The third kappa shape index (κ3) is 0.864. The van der Waals surface area contributed by atoms with Gasteiger partial charge in [-0.25, -0.2) is 0 Å². The van der Waals surface area contributed by atoms with Gasteiger partial charge in [-0.05, 0) is 12.0 Å². The lowest BCUT2D eigenvalue weighted by atomic mass is 10.1. The van der Waals surface area contributed by atoms with Crippen molar-refractivity contribution < 1.29 is 4.74 Å². The van der Waals surface area contributed by atoms with Gasteiger partial charge in [-0.1, -0.05) is 13.8 Å². The third-order valence-electron chi connectivity index (χ3n) is 2.45. The maximum Gasteiger partial charge on any atom is 0.0672 e. The highest BCUT2D eigenvalue weighted by Crippen LogP contribution is 2.52. The lowest BCUT2D eigenvalue weighted by Crippen LogP contribution is -2.05. The Bertz CT molecular complexity index is 99.5. The molecule has 0 aromatic heterocycles. The van der Waals surface area contributed by atoms with E-state index in [0.29, 0.717) is 17.4 Å². The second-order valence-corrected chi connectivity index (χ2v) is 3.32. The summed E-state index contributed by atoms with van der Waals surface area (Å²) in [5.41, 5.74) is 5.83. The zero-order valence-electron chi connectivity index (χ0n) is 6.35. The molecule has 1 fully saturated rings. The van der Waals surface area contributed by atoms with E-state index in [0.717, 1.165) is 6.54 Å². The SMILES string of the molecule is CO[C@@H]1[C@@H](CN)C1(C)C. The summed E-state index contributed by atoms with van der Waals surface area (Å²) in [4.78, 5) is 0. The Morgan fingerprint density at radius 2 is 2.11 bits per heavy atom. The van der Waals surface area contributed by atoms with Crippen LogP contribution in [-0.4, -0.2) is 19.8 Å². The Balaban J connectivity index is 2.45. The minimum absolute atomic E-state index is 0.337. The van der Waals surface area contributed by atoms with Gasteiger partial charge in [0.2, 0.25) is 0 Å². The van der Waals surface area contributed by atoms with Gasteiger partial charge >= 0.3 is 0 Å². The fourth-order valence-electron chi connectivity index (χ4n) is 1.59. The van der Waals surface area contributed by atoms with E-state index in [4.69, 9.17) is 10.5 Å². The van der Waals surface area contributed by atoms with Crippen molar-refractivity contribution in [3.05, 3.63) is 0 Å². The molecule has 0 spiro atoms. The maximum absolute atomic E-state index is 5.50. The van der Waals surface area contributed by atoms with Crippen LogP contribution in [-0.2, 0) is 4.74 Å². The third-order valence-corrected chi connectivity index (χ3v) is 2.45. The van der Waals surface area contributed by atoms with Crippen LogP contribution in [0.5, 0.6) is 0 Å². The van der Waals surface area contributed by atoms with Crippen molar-refractivity contribution in [2.24, 2.45) is 17.1 Å². The molecule has 1 saturated carbocycles. The molecule has 0 amide bonds. The Morgan fingerprint density at radius 1 is 1.56 bits per heavy atom. The molecule has 54 valence electrons. The second-order valence-electron chi connectivity index (χ2n) is 3.32. The van der Waals surface area contributed by atoms with Gasteiger partial charge in [0, 0.05) is 13.0 Å². The average Bonchev–Trinajstić information content (AvgIpc) is 2.32. The summed E-state index contributed by atoms with van der Waals surface area (Å²) in [6, 6.07) is 0. The molecule has 1 rings (SSSR count). The summed E-state index contributed by atoms with van der Waals surface area (Å²) in [6.45, 7) is 5.14. The lowest BCUT2D eigenvalue weighted by Gasteiger charge is -1.97. The van der Waals surface area contributed by atoms with Crippen LogP contribution >= 0.6 is 0 Å². The van der Waals surface area contributed by atoms with Gasteiger partial charge in [-0.2, -0.15) is 0 Å². The van der Waals surface area contributed by atoms with Crippen LogP contribution in [0, 0.1) is 11.3 Å². The monoisotopic (exact) mass is 129 g/mol. The average molecular weight is 129 g/mol. The lowest BCUT2D eigenvalue weighted by molar-refractivity contribution is 0.148. The highest BCUT2D eigenvalue weighted by molar-refractivity contribution is 5.07. The summed E-state index contributed by atoms with van der Waals surface area (Å²) < 4.78 is 5.20. The van der Waals surface area contributed by atoms with E-state index in [1.807, 2.05) is 0 Å². The van der Waals surface area contributed by atoms with Crippen LogP contribution in [0.25, 0.3) is 0 Å². The molecule has 0 heterocycles. The molecule has 0 saturated heterocycles. The number of hydrogen-bond acceptors (Lipinski definition) is 2. The molecule has 2 heteroatoms. The van der Waals surface area contributed by atoms with Crippen molar-refractivity contribution >= 4 is 0 Å². The summed E-state index contributed by atoms with van der Waals surface area (Å²) >= 11 is 0. The molecule has 1 aliphatic rings. The second kappa shape index (κ2) is 1.96. The summed E-state index contributed by atoms with van der Waals surface area (Å²) in [5.74, 6) is 0.586.